The molecule has 0 heterocycles. The van der Waals surface area contributed by atoms with Gasteiger partial charge in [-0.3, -0.25) is 5.43 Å². The Labute approximate surface area is 150 Å². The lowest BCUT2D eigenvalue weighted by molar-refractivity contribution is 0.204. The van der Waals surface area contributed by atoms with E-state index in [4.69, 9.17) is 26.4 Å². The van der Waals surface area contributed by atoms with Gasteiger partial charge in [-0.15, -0.1) is 0 Å². The third-order valence-electron chi connectivity index (χ3n) is 2.67. The first-order chi connectivity index (χ1) is 11.1. The smallest absolute Gasteiger partial charge is 0.187 e. The maximum atomic E-state index is 5.69. The Morgan fingerprint density at radius 3 is 2.78 bits per heavy atom. The molecule has 23 heavy (non-hydrogen) atoms. The van der Waals surface area contributed by atoms with E-state index in [2.05, 4.69) is 38.7 Å². The molecule has 128 valence electrons. The van der Waals surface area contributed by atoms with Gasteiger partial charge in [-0.1, -0.05) is 6.92 Å². The second-order valence-corrected chi connectivity index (χ2v) is 5.76. The summed E-state index contributed by atoms with van der Waals surface area (Å²) in [5, 5.41) is 7.49. The van der Waals surface area contributed by atoms with Crippen LogP contribution in [-0.4, -0.2) is 45.3 Å². The Morgan fingerprint density at radius 2 is 2.13 bits per heavy atom. The number of hydrogen-bond donors (Lipinski definition) is 2. The van der Waals surface area contributed by atoms with E-state index in [0.717, 1.165) is 16.5 Å². The average molecular weight is 404 g/mol. The van der Waals surface area contributed by atoms with Crippen LogP contribution in [0.25, 0.3) is 0 Å². The Balaban J connectivity index is 2.68. The van der Waals surface area contributed by atoms with E-state index in [1.165, 1.54) is 0 Å². The van der Waals surface area contributed by atoms with Gasteiger partial charge in [-0.25, -0.2) is 0 Å². The van der Waals surface area contributed by atoms with Crippen molar-refractivity contribution in [2.45, 2.75) is 13.3 Å². The van der Waals surface area contributed by atoms with E-state index in [9.17, 15) is 0 Å². The summed E-state index contributed by atoms with van der Waals surface area (Å²) in [6, 6.07) is 3.75. The molecule has 0 fully saturated rings. The third-order valence-corrected chi connectivity index (χ3v) is 3.50. The van der Waals surface area contributed by atoms with Gasteiger partial charge in [0.2, 0.25) is 0 Å². The van der Waals surface area contributed by atoms with Gasteiger partial charge in [0.1, 0.15) is 0 Å². The molecule has 2 N–H and O–H groups in total. The summed E-state index contributed by atoms with van der Waals surface area (Å²) in [4.78, 5) is 0. The van der Waals surface area contributed by atoms with Gasteiger partial charge in [-0.05, 0) is 52.3 Å². The van der Waals surface area contributed by atoms with Crippen molar-refractivity contribution in [1.82, 2.24) is 10.7 Å². The average Bonchev–Trinajstić information content (AvgIpc) is 2.53. The molecule has 0 saturated heterocycles. The number of thiocarbonyl (C=S) groups is 1. The first kappa shape index (κ1) is 19.7. The number of ether oxygens (including phenoxy) is 3. The number of rotatable bonds is 9. The number of benzene rings is 1. The van der Waals surface area contributed by atoms with Crippen molar-refractivity contribution in [3.8, 4) is 11.5 Å². The van der Waals surface area contributed by atoms with E-state index in [1.54, 1.807) is 20.4 Å². The van der Waals surface area contributed by atoms with Crippen LogP contribution in [0, 0.1) is 0 Å². The number of hydrazone groups is 1. The monoisotopic (exact) mass is 403 g/mol. The van der Waals surface area contributed by atoms with Gasteiger partial charge in [0.15, 0.2) is 16.6 Å². The van der Waals surface area contributed by atoms with Crippen LogP contribution >= 0.6 is 28.1 Å². The van der Waals surface area contributed by atoms with Crippen LogP contribution in [0.3, 0.4) is 0 Å². The van der Waals surface area contributed by atoms with Crippen molar-refractivity contribution < 1.29 is 14.2 Å². The lowest BCUT2D eigenvalue weighted by atomic mass is 10.2. The van der Waals surface area contributed by atoms with E-state index >= 15 is 0 Å². The molecule has 0 bridgehead atoms. The largest absolute Gasteiger partial charge is 0.493 e. The fraction of sp³-hybridized carbons (Fsp3) is 0.467. The molecule has 6 nitrogen and oxygen atoms in total. The zero-order valence-corrected chi connectivity index (χ0v) is 15.9. The first-order valence-electron chi connectivity index (χ1n) is 7.18. The number of nitrogens with zero attached hydrogens (tertiary/aromatic N) is 1. The molecule has 0 aliphatic heterocycles. The van der Waals surface area contributed by atoms with Crippen LogP contribution in [0.1, 0.15) is 18.9 Å². The van der Waals surface area contributed by atoms with Crippen molar-refractivity contribution >= 4 is 39.5 Å². The zero-order valence-electron chi connectivity index (χ0n) is 13.5. The summed E-state index contributed by atoms with van der Waals surface area (Å²) in [6.07, 6.45) is 2.58. The van der Waals surface area contributed by atoms with Gasteiger partial charge in [0.25, 0.3) is 0 Å². The minimum atomic E-state index is 0.437. The highest BCUT2D eigenvalue weighted by Gasteiger charge is 2.10. The first-order valence-corrected chi connectivity index (χ1v) is 8.38. The summed E-state index contributed by atoms with van der Waals surface area (Å²) in [5.41, 5.74) is 3.59. The number of hydrogen-bond acceptors (Lipinski definition) is 5. The molecule has 0 radical (unpaired) electrons. The summed E-state index contributed by atoms with van der Waals surface area (Å²) in [7, 11) is 3.24. The maximum Gasteiger partial charge on any atom is 0.187 e. The van der Waals surface area contributed by atoms with Crippen molar-refractivity contribution in [3.63, 3.8) is 0 Å². The predicted molar refractivity (Wildman–Crippen MR) is 99.7 cm³/mol. The molecular formula is C15H22BrN3O3S. The molecule has 8 heteroatoms. The second kappa shape index (κ2) is 11.2. The molecule has 0 unspecified atom stereocenters. The Morgan fingerprint density at radius 1 is 1.35 bits per heavy atom. The summed E-state index contributed by atoms with van der Waals surface area (Å²) in [5.74, 6) is 1.34. The highest BCUT2D eigenvalue weighted by Crippen LogP contribution is 2.36. The summed E-state index contributed by atoms with van der Waals surface area (Å²) >= 11 is 8.57. The van der Waals surface area contributed by atoms with Crippen molar-refractivity contribution in [1.29, 1.82) is 0 Å². The van der Waals surface area contributed by atoms with Crippen LogP contribution in [-0.2, 0) is 4.74 Å². The quantitative estimate of drug-likeness (QED) is 0.286. The lowest BCUT2D eigenvalue weighted by Crippen LogP contribution is -2.34. The summed E-state index contributed by atoms with van der Waals surface area (Å²) < 4.78 is 16.8. The van der Waals surface area contributed by atoms with Crippen molar-refractivity contribution in [2.24, 2.45) is 5.10 Å². The van der Waals surface area contributed by atoms with E-state index in [0.29, 0.717) is 36.4 Å². The normalized spacial score (nSPS) is 10.6. The molecule has 0 saturated carbocycles. The zero-order chi connectivity index (χ0) is 17.1. The van der Waals surface area contributed by atoms with Crippen molar-refractivity contribution in [3.05, 3.63) is 22.2 Å². The van der Waals surface area contributed by atoms with Gasteiger partial charge >= 0.3 is 0 Å². The predicted octanol–water partition coefficient (Wildman–Crippen LogP) is 2.69. The molecule has 1 aromatic carbocycles. The molecule has 0 aliphatic carbocycles. The topological polar surface area (TPSA) is 64.1 Å². The van der Waals surface area contributed by atoms with Crippen LogP contribution in [0.4, 0.5) is 0 Å². The number of nitrogens with one attached hydrogen (secondary N) is 2. The molecule has 0 aromatic heterocycles. The van der Waals surface area contributed by atoms with Gasteiger partial charge < -0.3 is 19.5 Å². The lowest BCUT2D eigenvalue weighted by Gasteiger charge is -2.12. The molecule has 0 atom stereocenters. The van der Waals surface area contributed by atoms with Crippen LogP contribution in [0.5, 0.6) is 11.5 Å². The standard InChI is InChI=1S/C15H22BrN3O3S/c1-4-6-22-14-12(16)8-11(9-13(14)21-3)10-18-19-15(23)17-5-7-20-2/h8-10H,4-7H2,1-3H3,(H2,17,19,23)/b18-10+. The number of methoxy groups -OCH3 is 2. The third kappa shape index (κ3) is 7.15. The fourth-order valence-electron chi connectivity index (χ4n) is 1.63. The van der Waals surface area contributed by atoms with E-state index in [1.807, 2.05) is 12.1 Å². The minimum absolute atomic E-state index is 0.437. The van der Waals surface area contributed by atoms with Gasteiger partial charge in [0.05, 0.1) is 31.0 Å². The molecule has 1 rings (SSSR count). The van der Waals surface area contributed by atoms with Gasteiger partial charge in [0, 0.05) is 13.7 Å². The SMILES string of the molecule is CCCOc1c(Br)cc(/C=N/NC(=S)NCCOC)cc1OC. The summed E-state index contributed by atoms with van der Waals surface area (Å²) in [6.45, 7) is 3.89. The molecule has 0 spiro atoms. The minimum Gasteiger partial charge on any atom is -0.493 e. The van der Waals surface area contributed by atoms with Crippen LogP contribution in [0.2, 0.25) is 0 Å². The highest BCUT2D eigenvalue weighted by molar-refractivity contribution is 9.10. The number of halogens is 1. The van der Waals surface area contributed by atoms with Crippen LogP contribution in [0.15, 0.2) is 21.7 Å². The molecular weight excluding hydrogens is 382 g/mol. The van der Waals surface area contributed by atoms with E-state index < -0.39 is 0 Å². The Bertz CT molecular complexity index is 541. The maximum absolute atomic E-state index is 5.69. The van der Waals surface area contributed by atoms with E-state index in [-0.39, 0.29) is 0 Å². The van der Waals surface area contributed by atoms with Gasteiger partial charge in [-0.2, -0.15) is 5.10 Å². The Kier molecular flexibility index (Phi) is 9.58. The van der Waals surface area contributed by atoms with Crippen molar-refractivity contribution in [2.75, 3.05) is 34.0 Å². The second-order valence-electron chi connectivity index (χ2n) is 4.50. The fourth-order valence-corrected chi connectivity index (χ4v) is 2.36. The molecule has 0 aliphatic rings. The highest BCUT2D eigenvalue weighted by atomic mass is 79.9. The Hall–Kier alpha value is -1.38. The van der Waals surface area contributed by atoms with Crippen LogP contribution < -0.4 is 20.2 Å². The molecule has 1 aromatic rings. The molecule has 0 amide bonds.